The molecule has 0 aliphatic carbocycles. The number of hydrogen-bond donors (Lipinski definition) is 1. The largest absolute Gasteiger partial charge is 0.369 e. The SMILES string of the molecule is C=Nc1c(N2CCC(NC(=O)CN(CC)CC)CC2)ccnc1/N=C\C. The Kier molecular flexibility index (Phi) is 7.72. The summed E-state index contributed by atoms with van der Waals surface area (Å²) >= 11 is 0. The highest BCUT2D eigenvalue weighted by Gasteiger charge is 2.23. The second-order valence-electron chi connectivity index (χ2n) is 6.34. The van der Waals surface area contributed by atoms with E-state index in [-0.39, 0.29) is 11.9 Å². The molecule has 1 amide bonds. The highest BCUT2D eigenvalue weighted by molar-refractivity contribution is 5.80. The molecule has 7 heteroatoms. The number of carbonyl (C=O) groups is 1. The van der Waals surface area contributed by atoms with Gasteiger partial charge in [0, 0.05) is 31.5 Å². The standard InChI is InChI=1S/C19H30N6O/c1-5-21-19-18(20-4)16(8-11-22-19)25-12-9-15(10-13-25)23-17(26)14-24(6-2)7-3/h5,8,11,15H,4,6-7,9-10,12-14H2,1-3H3,(H,23,26)/b21-5-. The predicted octanol–water partition coefficient (Wildman–Crippen LogP) is 2.56. The molecule has 0 saturated carbocycles. The van der Waals surface area contributed by atoms with Crippen LogP contribution in [-0.2, 0) is 4.79 Å². The topological polar surface area (TPSA) is 73.2 Å². The average Bonchev–Trinajstić information content (AvgIpc) is 2.66. The number of aromatic nitrogens is 1. The molecule has 0 unspecified atom stereocenters. The van der Waals surface area contributed by atoms with Crippen molar-refractivity contribution in [3.8, 4) is 0 Å². The highest BCUT2D eigenvalue weighted by atomic mass is 16.2. The minimum Gasteiger partial charge on any atom is -0.369 e. The number of nitrogens with one attached hydrogen (secondary N) is 1. The number of rotatable bonds is 8. The van der Waals surface area contributed by atoms with Crippen LogP contribution in [-0.4, -0.2) is 67.5 Å². The molecule has 26 heavy (non-hydrogen) atoms. The predicted molar refractivity (Wildman–Crippen MR) is 108 cm³/mol. The molecule has 1 fully saturated rings. The van der Waals surface area contributed by atoms with Crippen molar-refractivity contribution in [2.75, 3.05) is 37.6 Å². The van der Waals surface area contributed by atoms with Gasteiger partial charge in [0.2, 0.25) is 5.91 Å². The summed E-state index contributed by atoms with van der Waals surface area (Å²) in [6.07, 6.45) is 5.29. The third-order valence-corrected chi connectivity index (χ3v) is 4.76. The minimum absolute atomic E-state index is 0.115. The van der Waals surface area contributed by atoms with Crippen molar-refractivity contribution in [3.05, 3.63) is 12.3 Å². The summed E-state index contributed by atoms with van der Waals surface area (Å²) < 4.78 is 0. The molecule has 0 spiro atoms. The fourth-order valence-corrected chi connectivity index (χ4v) is 3.25. The Hall–Kier alpha value is -2.28. The maximum Gasteiger partial charge on any atom is 0.234 e. The number of amides is 1. The minimum atomic E-state index is 0.115. The van der Waals surface area contributed by atoms with Crippen LogP contribution >= 0.6 is 0 Å². The van der Waals surface area contributed by atoms with Crippen LogP contribution in [0.3, 0.4) is 0 Å². The summed E-state index contributed by atoms with van der Waals surface area (Å²) in [5, 5.41) is 3.17. The van der Waals surface area contributed by atoms with Gasteiger partial charge in [0.1, 0.15) is 5.69 Å². The molecule has 1 N–H and O–H groups in total. The number of anilines is 1. The van der Waals surface area contributed by atoms with Crippen LogP contribution in [0.15, 0.2) is 22.2 Å². The van der Waals surface area contributed by atoms with Crippen LogP contribution in [0.1, 0.15) is 33.6 Å². The van der Waals surface area contributed by atoms with Crippen LogP contribution in [0.5, 0.6) is 0 Å². The fourth-order valence-electron chi connectivity index (χ4n) is 3.25. The zero-order valence-electron chi connectivity index (χ0n) is 16.1. The molecule has 0 atom stereocenters. The van der Waals surface area contributed by atoms with Crippen LogP contribution in [0, 0.1) is 0 Å². The summed E-state index contributed by atoms with van der Waals surface area (Å²) in [5.41, 5.74) is 1.72. The molecule has 0 bridgehead atoms. The molecule has 2 rings (SSSR count). The molecule has 1 saturated heterocycles. The van der Waals surface area contributed by atoms with Gasteiger partial charge in [-0.15, -0.1) is 0 Å². The number of pyridine rings is 1. The van der Waals surface area contributed by atoms with Crippen molar-refractivity contribution in [1.82, 2.24) is 15.2 Å². The van der Waals surface area contributed by atoms with Crippen molar-refractivity contribution in [2.24, 2.45) is 9.98 Å². The second kappa shape index (κ2) is 10.0. The van der Waals surface area contributed by atoms with E-state index in [9.17, 15) is 4.79 Å². The zero-order valence-corrected chi connectivity index (χ0v) is 16.1. The van der Waals surface area contributed by atoms with Gasteiger partial charge in [-0.1, -0.05) is 13.8 Å². The van der Waals surface area contributed by atoms with Crippen molar-refractivity contribution < 1.29 is 4.79 Å². The van der Waals surface area contributed by atoms with E-state index in [1.165, 1.54) is 0 Å². The van der Waals surface area contributed by atoms with Crippen molar-refractivity contribution in [1.29, 1.82) is 0 Å². The van der Waals surface area contributed by atoms with Gasteiger partial charge in [0.25, 0.3) is 0 Å². The molecule has 0 radical (unpaired) electrons. The summed E-state index contributed by atoms with van der Waals surface area (Å²) in [6, 6.07) is 2.18. The molecule has 7 nitrogen and oxygen atoms in total. The summed E-state index contributed by atoms with van der Waals surface area (Å²) in [6.45, 7) is 13.7. The second-order valence-corrected chi connectivity index (χ2v) is 6.34. The number of aliphatic imine (C=N–C) groups is 2. The summed E-state index contributed by atoms with van der Waals surface area (Å²) in [5.74, 6) is 0.707. The lowest BCUT2D eigenvalue weighted by Gasteiger charge is -2.34. The van der Waals surface area contributed by atoms with Gasteiger partial charge in [-0.3, -0.25) is 14.7 Å². The van der Waals surface area contributed by atoms with E-state index in [1.807, 2.05) is 13.0 Å². The number of hydrogen-bond acceptors (Lipinski definition) is 6. The lowest BCUT2D eigenvalue weighted by atomic mass is 10.0. The van der Waals surface area contributed by atoms with E-state index in [1.54, 1.807) is 12.4 Å². The molecular weight excluding hydrogens is 328 g/mol. The Bertz CT molecular complexity index is 633. The lowest BCUT2D eigenvalue weighted by Crippen LogP contribution is -2.47. The number of piperidine rings is 1. The van der Waals surface area contributed by atoms with Gasteiger partial charge in [0.15, 0.2) is 5.82 Å². The lowest BCUT2D eigenvalue weighted by molar-refractivity contribution is -0.123. The van der Waals surface area contributed by atoms with Gasteiger partial charge in [-0.25, -0.2) is 9.98 Å². The molecule has 1 aliphatic rings. The Labute approximate surface area is 156 Å². The van der Waals surface area contributed by atoms with E-state index < -0.39 is 0 Å². The Morgan fingerprint density at radius 3 is 2.69 bits per heavy atom. The monoisotopic (exact) mass is 358 g/mol. The Balaban J connectivity index is 1.95. The first kappa shape index (κ1) is 20.0. The van der Waals surface area contributed by atoms with Gasteiger partial charge < -0.3 is 10.2 Å². The third kappa shape index (κ3) is 5.11. The van der Waals surface area contributed by atoms with E-state index >= 15 is 0 Å². The quantitative estimate of drug-likeness (QED) is 0.725. The molecule has 1 aliphatic heterocycles. The van der Waals surface area contributed by atoms with Gasteiger partial charge in [-0.05, 0) is 45.6 Å². The number of nitrogens with zero attached hydrogens (tertiary/aromatic N) is 5. The van der Waals surface area contributed by atoms with Crippen molar-refractivity contribution in [3.63, 3.8) is 0 Å². The zero-order chi connectivity index (χ0) is 18.9. The smallest absolute Gasteiger partial charge is 0.234 e. The molecular formula is C19H30N6O. The fraction of sp³-hybridized carbons (Fsp3) is 0.579. The van der Waals surface area contributed by atoms with Crippen LogP contribution in [0.2, 0.25) is 0 Å². The van der Waals surface area contributed by atoms with E-state index in [0.29, 0.717) is 12.4 Å². The van der Waals surface area contributed by atoms with Gasteiger partial charge >= 0.3 is 0 Å². The van der Waals surface area contributed by atoms with Crippen LogP contribution < -0.4 is 10.2 Å². The Morgan fingerprint density at radius 2 is 2.12 bits per heavy atom. The van der Waals surface area contributed by atoms with Crippen LogP contribution in [0.4, 0.5) is 17.2 Å². The van der Waals surface area contributed by atoms with E-state index in [4.69, 9.17) is 0 Å². The highest BCUT2D eigenvalue weighted by Crippen LogP contribution is 2.36. The molecule has 2 heterocycles. The molecule has 1 aromatic heterocycles. The molecule has 1 aromatic rings. The first-order chi connectivity index (χ1) is 12.6. The number of carbonyl (C=O) groups excluding carboxylic acids is 1. The first-order valence-electron chi connectivity index (χ1n) is 9.33. The number of likely N-dealkylation sites (N-methyl/N-ethyl adjacent to an activating group) is 1. The van der Waals surface area contributed by atoms with E-state index in [2.05, 4.69) is 50.7 Å². The summed E-state index contributed by atoms with van der Waals surface area (Å²) in [7, 11) is 0. The average molecular weight is 358 g/mol. The maximum absolute atomic E-state index is 12.2. The van der Waals surface area contributed by atoms with Gasteiger partial charge in [0.05, 0.1) is 12.2 Å². The van der Waals surface area contributed by atoms with E-state index in [0.717, 1.165) is 50.4 Å². The summed E-state index contributed by atoms with van der Waals surface area (Å²) in [4.78, 5) is 29.3. The first-order valence-corrected chi connectivity index (χ1v) is 9.33. The maximum atomic E-state index is 12.2. The van der Waals surface area contributed by atoms with Crippen molar-refractivity contribution in [2.45, 2.75) is 39.7 Å². The molecule has 142 valence electrons. The van der Waals surface area contributed by atoms with Crippen LogP contribution in [0.25, 0.3) is 0 Å². The normalized spacial score (nSPS) is 15.6. The molecule has 0 aromatic carbocycles. The van der Waals surface area contributed by atoms with Gasteiger partial charge in [-0.2, -0.15) is 0 Å². The third-order valence-electron chi connectivity index (χ3n) is 4.76. The van der Waals surface area contributed by atoms with Crippen molar-refractivity contribution >= 4 is 36.0 Å². The Morgan fingerprint density at radius 1 is 1.42 bits per heavy atom.